The minimum absolute atomic E-state index is 0.288. The molecular formula is C5H2BrNO4. The predicted octanol–water partition coefficient (Wildman–Crippen LogP) is 0.704. The number of carboxylic acids is 1. The first kappa shape index (κ1) is 7.93. The van der Waals surface area contributed by atoms with Gasteiger partial charge in [0.05, 0.1) is 0 Å². The number of nitrogens with zero attached hydrogens (tertiary/aromatic N) is 1. The number of aromatic nitrogens is 1. The van der Waals surface area contributed by atoms with Crippen LogP contribution in [0.15, 0.2) is 15.2 Å². The van der Waals surface area contributed by atoms with E-state index in [1.165, 1.54) is 6.07 Å². The van der Waals surface area contributed by atoms with Crippen molar-refractivity contribution < 1.29 is 19.2 Å². The van der Waals surface area contributed by atoms with Gasteiger partial charge < -0.3 is 9.63 Å². The summed E-state index contributed by atoms with van der Waals surface area (Å²) >= 11 is 2.90. The molecule has 1 aromatic heterocycles. The molecule has 0 unspecified atom stereocenters. The Bertz CT molecular complexity index is 305. The van der Waals surface area contributed by atoms with Crippen LogP contribution in [-0.4, -0.2) is 22.0 Å². The monoisotopic (exact) mass is 219 g/mol. The maximum atomic E-state index is 10.6. The molecule has 1 rings (SSSR count). The third-order valence-electron chi connectivity index (χ3n) is 0.899. The molecule has 1 N–H and O–H groups in total. The van der Waals surface area contributed by atoms with Crippen molar-refractivity contribution >= 4 is 27.7 Å². The largest absolute Gasteiger partial charge is 0.475 e. The molecule has 0 saturated carbocycles. The van der Waals surface area contributed by atoms with Gasteiger partial charge in [0.15, 0.2) is 0 Å². The smallest absolute Gasteiger partial charge is 0.380 e. The zero-order valence-electron chi connectivity index (χ0n) is 5.07. The van der Waals surface area contributed by atoms with Crippen LogP contribution in [0.2, 0.25) is 0 Å². The van der Waals surface area contributed by atoms with Crippen molar-refractivity contribution in [3.63, 3.8) is 0 Å². The van der Waals surface area contributed by atoms with E-state index < -0.39 is 11.8 Å². The number of halogens is 1. The van der Waals surface area contributed by atoms with Crippen molar-refractivity contribution in [2.75, 3.05) is 0 Å². The molecule has 0 radical (unpaired) electrons. The standard InChI is InChI=1S/C5H2BrNO4/c6-3-1-2(11-7-3)4(8)5(9)10/h1H,(H,9,10). The third-order valence-corrected chi connectivity index (χ3v) is 1.27. The first-order valence-electron chi connectivity index (χ1n) is 2.51. The van der Waals surface area contributed by atoms with E-state index in [0.717, 1.165) is 0 Å². The number of carbonyl (C=O) groups excluding carboxylic acids is 1. The van der Waals surface area contributed by atoms with Crippen LogP contribution in [-0.2, 0) is 4.79 Å². The highest BCUT2D eigenvalue weighted by Gasteiger charge is 2.19. The molecule has 0 aliphatic carbocycles. The first-order chi connectivity index (χ1) is 5.11. The SMILES string of the molecule is O=C(O)C(=O)c1cc(Br)no1. The van der Waals surface area contributed by atoms with E-state index in [9.17, 15) is 9.59 Å². The lowest BCUT2D eigenvalue weighted by Gasteiger charge is -1.83. The zero-order chi connectivity index (χ0) is 8.43. The van der Waals surface area contributed by atoms with E-state index in [0.29, 0.717) is 4.60 Å². The second kappa shape index (κ2) is 2.83. The normalized spacial score (nSPS) is 9.55. The van der Waals surface area contributed by atoms with Gasteiger partial charge in [-0.15, -0.1) is 0 Å². The minimum Gasteiger partial charge on any atom is -0.475 e. The summed E-state index contributed by atoms with van der Waals surface area (Å²) in [5.41, 5.74) is 0. The van der Waals surface area contributed by atoms with Gasteiger partial charge in [0.2, 0.25) is 5.76 Å². The first-order valence-corrected chi connectivity index (χ1v) is 3.30. The van der Waals surface area contributed by atoms with Crippen molar-refractivity contribution in [3.8, 4) is 0 Å². The Morgan fingerprint density at radius 1 is 1.64 bits per heavy atom. The van der Waals surface area contributed by atoms with Crippen LogP contribution in [0.25, 0.3) is 0 Å². The molecule has 0 spiro atoms. The van der Waals surface area contributed by atoms with Crippen LogP contribution >= 0.6 is 15.9 Å². The number of hydrogen-bond donors (Lipinski definition) is 1. The zero-order valence-corrected chi connectivity index (χ0v) is 6.66. The molecule has 6 heteroatoms. The molecule has 58 valence electrons. The van der Waals surface area contributed by atoms with Gasteiger partial charge >= 0.3 is 11.8 Å². The number of rotatable bonds is 2. The minimum atomic E-state index is -1.56. The number of hydrogen-bond acceptors (Lipinski definition) is 4. The van der Waals surface area contributed by atoms with Crippen LogP contribution in [0.1, 0.15) is 10.6 Å². The molecule has 0 aliphatic rings. The highest BCUT2D eigenvalue weighted by molar-refractivity contribution is 9.10. The number of ketones is 1. The second-order valence-corrected chi connectivity index (χ2v) is 2.46. The van der Waals surface area contributed by atoms with Gasteiger partial charge in [-0.05, 0) is 15.9 Å². The molecule has 0 amide bonds. The van der Waals surface area contributed by atoms with E-state index in [2.05, 4.69) is 25.6 Å². The molecule has 0 bridgehead atoms. The van der Waals surface area contributed by atoms with Crippen LogP contribution in [0.5, 0.6) is 0 Å². The molecule has 1 aromatic rings. The molecule has 0 fully saturated rings. The summed E-state index contributed by atoms with van der Waals surface area (Å²) in [6, 6.07) is 1.19. The Hall–Kier alpha value is -1.17. The van der Waals surface area contributed by atoms with Gasteiger partial charge in [-0.2, -0.15) is 0 Å². The maximum absolute atomic E-state index is 10.6. The highest BCUT2D eigenvalue weighted by Crippen LogP contribution is 2.09. The summed E-state index contributed by atoms with van der Waals surface area (Å²) in [6.07, 6.45) is 0. The molecule has 0 saturated heterocycles. The van der Waals surface area contributed by atoms with Gasteiger partial charge in [-0.1, -0.05) is 5.16 Å². The molecule has 0 aromatic carbocycles. The summed E-state index contributed by atoms with van der Waals surface area (Å²) in [5, 5.41) is 11.5. The number of Topliss-reactive ketones (excluding diaryl/α,β-unsaturated/α-hetero) is 1. The van der Waals surface area contributed by atoms with Crippen LogP contribution in [0, 0.1) is 0 Å². The van der Waals surface area contributed by atoms with Crippen LogP contribution in [0.3, 0.4) is 0 Å². The van der Waals surface area contributed by atoms with Crippen molar-refractivity contribution in [2.45, 2.75) is 0 Å². The summed E-state index contributed by atoms with van der Waals surface area (Å²) in [4.78, 5) is 20.7. The van der Waals surface area contributed by atoms with Crippen molar-refractivity contribution in [1.29, 1.82) is 0 Å². The summed E-state index contributed by atoms with van der Waals surface area (Å²) < 4.78 is 4.65. The Morgan fingerprint density at radius 2 is 2.27 bits per heavy atom. The van der Waals surface area contributed by atoms with E-state index >= 15 is 0 Å². The van der Waals surface area contributed by atoms with Gasteiger partial charge in [0, 0.05) is 6.07 Å². The highest BCUT2D eigenvalue weighted by atomic mass is 79.9. The maximum Gasteiger partial charge on any atom is 0.380 e. The fraction of sp³-hybridized carbons (Fsp3) is 0. The third kappa shape index (κ3) is 1.64. The fourth-order valence-corrected chi connectivity index (χ4v) is 0.746. The van der Waals surface area contributed by atoms with E-state index in [1.54, 1.807) is 0 Å². The van der Waals surface area contributed by atoms with Gasteiger partial charge in [-0.3, -0.25) is 4.79 Å². The lowest BCUT2D eigenvalue weighted by atomic mass is 10.3. The summed E-state index contributed by atoms with van der Waals surface area (Å²) in [7, 11) is 0. The Morgan fingerprint density at radius 3 is 2.64 bits per heavy atom. The van der Waals surface area contributed by atoms with Crippen molar-refractivity contribution in [1.82, 2.24) is 5.16 Å². The number of carbonyl (C=O) groups is 2. The predicted molar refractivity (Wildman–Crippen MR) is 36.2 cm³/mol. The van der Waals surface area contributed by atoms with Gasteiger partial charge in [0.1, 0.15) is 4.60 Å². The summed E-state index contributed by atoms with van der Waals surface area (Å²) in [6.45, 7) is 0. The number of aliphatic carboxylic acids is 1. The van der Waals surface area contributed by atoms with Gasteiger partial charge in [-0.25, -0.2) is 4.79 Å². The Balaban J connectivity index is 2.94. The lowest BCUT2D eigenvalue weighted by molar-refractivity contribution is -0.132. The molecular weight excluding hydrogens is 218 g/mol. The van der Waals surface area contributed by atoms with Crippen molar-refractivity contribution in [2.24, 2.45) is 0 Å². The molecule has 11 heavy (non-hydrogen) atoms. The van der Waals surface area contributed by atoms with Crippen molar-refractivity contribution in [3.05, 3.63) is 16.4 Å². The van der Waals surface area contributed by atoms with Crippen LogP contribution in [0.4, 0.5) is 0 Å². The topological polar surface area (TPSA) is 80.4 Å². The summed E-state index contributed by atoms with van der Waals surface area (Å²) in [5.74, 6) is -2.96. The fourth-order valence-electron chi connectivity index (χ4n) is 0.466. The Labute approximate surface area is 69.1 Å². The average molecular weight is 220 g/mol. The molecule has 0 aliphatic heterocycles. The lowest BCUT2D eigenvalue weighted by Crippen LogP contribution is -2.11. The average Bonchev–Trinajstić information content (AvgIpc) is 2.34. The molecule has 1 heterocycles. The molecule has 5 nitrogen and oxygen atoms in total. The number of carboxylic acid groups (broad SMARTS) is 1. The van der Waals surface area contributed by atoms with E-state index in [4.69, 9.17) is 5.11 Å². The quantitative estimate of drug-likeness (QED) is 0.586. The second-order valence-electron chi connectivity index (χ2n) is 1.65. The van der Waals surface area contributed by atoms with E-state index in [-0.39, 0.29) is 5.76 Å². The van der Waals surface area contributed by atoms with Gasteiger partial charge in [0.25, 0.3) is 0 Å². The Kier molecular flexibility index (Phi) is 2.04. The van der Waals surface area contributed by atoms with Crippen LogP contribution < -0.4 is 0 Å². The van der Waals surface area contributed by atoms with E-state index in [1.807, 2.05) is 0 Å². The molecule has 0 atom stereocenters.